The van der Waals surface area contributed by atoms with Crippen LogP contribution in [0.25, 0.3) is 0 Å². The average Bonchev–Trinajstić information content (AvgIpc) is 2.31. The van der Waals surface area contributed by atoms with Crippen LogP contribution in [0, 0.1) is 0 Å². The number of para-hydroxylation sites is 1. The van der Waals surface area contributed by atoms with E-state index in [4.69, 9.17) is 12.2 Å². The summed E-state index contributed by atoms with van der Waals surface area (Å²) in [5.41, 5.74) is 2.00. The fourth-order valence-corrected chi connectivity index (χ4v) is 1.66. The van der Waals surface area contributed by atoms with Crippen LogP contribution < -0.4 is 5.32 Å². The standard InChI is InChI=1S/C13H12N2S/c16-13(10-12-8-4-5-9-14-12)15-11-6-2-1-3-7-11/h1-9H,10H2,(H,15,16). The Morgan fingerprint density at radius 1 is 1.06 bits per heavy atom. The SMILES string of the molecule is S=C(Cc1ccccn1)Nc1ccccc1. The lowest BCUT2D eigenvalue weighted by molar-refractivity contribution is 1.15. The molecule has 0 aliphatic heterocycles. The van der Waals surface area contributed by atoms with E-state index in [1.807, 2.05) is 48.5 Å². The van der Waals surface area contributed by atoms with Gasteiger partial charge in [-0.2, -0.15) is 0 Å². The van der Waals surface area contributed by atoms with E-state index in [1.54, 1.807) is 6.20 Å². The van der Waals surface area contributed by atoms with Crippen molar-refractivity contribution in [2.45, 2.75) is 6.42 Å². The van der Waals surface area contributed by atoms with Gasteiger partial charge in [0, 0.05) is 24.0 Å². The first-order valence-electron chi connectivity index (χ1n) is 5.09. The smallest absolute Gasteiger partial charge is 0.0857 e. The highest BCUT2D eigenvalue weighted by Gasteiger charge is 1.99. The Kier molecular flexibility index (Phi) is 3.62. The van der Waals surface area contributed by atoms with Crippen molar-refractivity contribution in [1.82, 2.24) is 4.98 Å². The molecule has 3 heteroatoms. The van der Waals surface area contributed by atoms with Crippen LogP contribution in [0.2, 0.25) is 0 Å². The quantitative estimate of drug-likeness (QED) is 0.817. The van der Waals surface area contributed by atoms with E-state index in [2.05, 4.69) is 10.3 Å². The number of pyridine rings is 1. The highest BCUT2D eigenvalue weighted by atomic mass is 32.1. The number of hydrogen-bond acceptors (Lipinski definition) is 2. The van der Waals surface area contributed by atoms with Crippen LogP contribution in [0.5, 0.6) is 0 Å². The normalized spacial score (nSPS) is 9.75. The van der Waals surface area contributed by atoms with Gasteiger partial charge in [0.25, 0.3) is 0 Å². The van der Waals surface area contributed by atoms with E-state index in [0.29, 0.717) is 6.42 Å². The summed E-state index contributed by atoms with van der Waals surface area (Å²) in [7, 11) is 0. The van der Waals surface area contributed by atoms with Crippen LogP contribution in [-0.2, 0) is 6.42 Å². The lowest BCUT2D eigenvalue weighted by Crippen LogP contribution is -2.12. The molecule has 1 aromatic carbocycles. The van der Waals surface area contributed by atoms with Gasteiger partial charge < -0.3 is 5.32 Å². The molecular weight excluding hydrogens is 216 g/mol. The van der Waals surface area contributed by atoms with Gasteiger partial charge >= 0.3 is 0 Å². The highest BCUT2D eigenvalue weighted by Crippen LogP contribution is 2.06. The maximum absolute atomic E-state index is 5.27. The van der Waals surface area contributed by atoms with Gasteiger partial charge in [-0.05, 0) is 24.3 Å². The summed E-state index contributed by atoms with van der Waals surface area (Å²) in [5.74, 6) is 0. The van der Waals surface area contributed by atoms with E-state index >= 15 is 0 Å². The summed E-state index contributed by atoms with van der Waals surface area (Å²) < 4.78 is 0. The Morgan fingerprint density at radius 3 is 2.50 bits per heavy atom. The third kappa shape index (κ3) is 3.14. The Morgan fingerprint density at radius 2 is 1.81 bits per heavy atom. The van der Waals surface area contributed by atoms with Crippen LogP contribution in [0.4, 0.5) is 5.69 Å². The largest absolute Gasteiger partial charge is 0.350 e. The van der Waals surface area contributed by atoms with E-state index in [1.165, 1.54) is 0 Å². The van der Waals surface area contributed by atoms with Crippen LogP contribution in [-0.4, -0.2) is 9.97 Å². The number of aromatic nitrogens is 1. The molecule has 1 aromatic heterocycles. The summed E-state index contributed by atoms with van der Waals surface area (Å²) >= 11 is 5.27. The first-order chi connectivity index (χ1) is 7.84. The monoisotopic (exact) mass is 228 g/mol. The van der Waals surface area contributed by atoms with Crippen molar-refractivity contribution in [2.75, 3.05) is 5.32 Å². The fourth-order valence-electron chi connectivity index (χ4n) is 1.39. The summed E-state index contributed by atoms with van der Waals surface area (Å²) in [6.07, 6.45) is 2.45. The number of anilines is 1. The van der Waals surface area contributed by atoms with Gasteiger partial charge in [-0.15, -0.1) is 0 Å². The first kappa shape index (κ1) is 10.8. The van der Waals surface area contributed by atoms with Crippen molar-refractivity contribution < 1.29 is 0 Å². The second kappa shape index (κ2) is 5.37. The van der Waals surface area contributed by atoms with Crippen molar-refractivity contribution >= 4 is 22.9 Å². The summed E-state index contributed by atoms with van der Waals surface area (Å²) in [6, 6.07) is 15.8. The number of nitrogens with one attached hydrogen (secondary N) is 1. The second-order valence-electron chi connectivity index (χ2n) is 3.41. The minimum atomic E-state index is 0.672. The molecule has 0 aliphatic carbocycles. The fraction of sp³-hybridized carbons (Fsp3) is 0.0769. The molecule has 2 aromatic rings. The number of hydrogen-bond donors (Lipinski definition) is 1. The topological polar surface area (TPSA) is 24.9 Å². The third-order valence-corrected chi connectivity index (χ3v) is 2.37. The highest BCUT2D eigenvalue weighted by molar-refractivity contribution is 7.80. The molecule has 80 valence electrons. The van der Waals surface area contributed by atoms with Crippen LogP contribution in [0.15, 0.2) is 54.7 Å². The Bertz CT molecular complexity index is 410. The van der Waals surface area contributed by atoms with Gasteiger partial charge in [0.05, 0.1) is 4.99 Å². The number of thiocarbonyl (C=S) groups is 1. The number of rotatable bonds is 3. The zero-order chi connectivity index (χ0) is 11.2. The molecule has 0 atom stereocenters. The predicted molar refractivity (Wildman–Crippen MR) is 70.6 cm³/mol. The van der Waals surface area contributed by atoms with Gasteiger partial charge in [0.2, 0.25) is 0 Å². The van der Waals surface area contributed by atoms with Gasteiger partial charge in [-0.3, -0.25) is 4.98 Å². The molecule has 0 amide bonds. The van der Waals surface area contributed by atoms with Gasteiger partial charge in [0.15, 0.2) is 0 Å². The predicted octanol–water partition coefficient (Wildman–Crippen LogP) is 3.06. The van der Waals surface area contributed by atoms with Crippen LogP contribution in [0.3, 0.4) is 0 Å². The van der Waals surface area contributed by atoms with Crippen molar-refractivity contribution in [3.05, 3.63) is 60.4 Å². The molecule has 0 unspecified atom stereocenters. The lowest BCUT2D eigenvalue weighted by Gasteiger charge is -2.06. The molecule has 16 heavy (non-hydrogen) atoms. The average molecular weight is 228 g/mol. The maximum atomic E-state index is 5.27. The zero-order valence-electron chi connectivity index (χ0n) is 8.76. The first-order valence-corrected chi connectivity index (χ1v) is 5.50. The summed E-state index contributed by atoms with van der Waals surface area (Å²) in [4.78, 5) is 5.02. The molecule has 2 rings (SSSR count). The molecular formula is C13H12N2S. The zero-order valence-corrected chi connectivity index (χ0v) is 9.58. The minimum Gasteiger partial charge on any atom is -0.350 e. The Balaban J connectivity index is 1.95. The van der Waals surface area contributed by atoms with Gasteiger partial charge in [-0.1, -0.05) is 36.5 Å². The summed E-state index contributed by atoms with van der Waals surface area (Å²) in [6.45, 7) is 0. The van der Waals surface area contributed by atoms with Crippen LogP contribution >= 0.6 is 12.2 Å². The molecule has 1 N–H and O–H groups in total. The van der Waals surface area contributed by atoms with Gasteiger partial charge in [-0.25, -0.2) is 0 Å². The minimum absolute atomic E-state index is 0.672. The molecule has 0 aliphatic rings. The molecule has 0 spiro atoms. The van der Waals surface area contributed by atoms with Crippen LogP contribution in [0.1, 0.15) is 5.69 Å². The van der Waals surface area contributed by atoms with E-state index in [0.717, 1.165) is 16.4 Å². The Labute approximate surface area is 100 Å². The lowest BCUT2D eigenvalue weighted by atomic mass is 10.2. The maximum Gasteiger partial charge on any atom is 0.0857 e. The molecule has 0 saturated carbocycles. The second-order valence-corrected chi connectivity index (χ2v) is 3.90. The Hall–Kier alpha value is -1.74. The summed E-state index contributed by atoms with van der Waals surface area (Å²) in [5, 5.41) is 3.18. The van der Waals surface area contributed by atoms with Crippen molar-refractivity contribution in [1.29, 1.82) is 0 Å². The molecule has 2 nitrogen and oxygen atoms in total. The van der Waals surface area contributed by atoms with E-state index in [-0.39, 0.29) is 0 Å². The van der Waals surface area contributed by atoms with E-state index < -0.39 is 0 Å². The molecule has 0 fully saturated rings. The molecule has 0 saturated heterocycles. The van der Waals surface area contributed by atoms with Gasteiger partial charge in [0.1, 0.15) is 0 Å². The van der Waals surface area contributed by atoms with Crippen molar-refractivity contribution in [2.24, 2.45) is 0 Å². The number of nitrogens with zero attached hydrogens (tertiary/aromatic N) is 1. The van der Waals surface area contributed by atoms with Crippen molar-refractivity contribution in [3.8, 4) is 0 Å². The molecule has 1 heterocycles. The third-order valence-electron chi connectivity index (χ3n) is 2.13. The van der Waals surface area contributed by atoms with Crippen molar-refractivity contribution in [3.63, 3.8) is 0 Å². The molecule has 0 radical (unpaired) electrons. The molecule has 0 bridgehead atoms. The van der Waals surface area contributed by atoms with E-state index in [9.17, 15) is 0 Å². The number of benzene rings is 1.